The van der Waals surface area contributed by atoms with Crippen molar-refractivity contribution in [3.8, 4) is 0 Å². The molecule has 0 radical (unpaired) electrons. The highest BCUT2D eigenvalue weighted by Crippen LogP contribution is 2.19. The zero-order chi connectivity index (χ0) is 14.5. The first kappa shape index (κ1) is 14.4. The Labute approximate surface area is 119 Å². The van der Waals surface area contributed by atoms with Gasteiger partial charge < -0.3 is 5.32 Å². The van der Waals surface area contributed by atoms with E-state index in [0.29, 0.717) is 11.8 Å². The third kappa shape index (κ3) is 3.76. The molecule has 6 heteroatoms. The SMILES string of the molecule is CC(C)c1cc(NCCn2ccnn2)nc(C(C)C)n1. The van der Waals surface area contributed by atoms with Gasteiger partial charge in [-0.25, -0.2) is 9.97 Å². The number of anilines is 1. The molecule has 0 saturated heterocycles. The van der Waals surface area contributed by atoms with Crippen molar-refractivity contribution in [1.29, 1.82) is 0 Å². The number of nitrogens with one attached hydrogen (secondary N) is 1. The Balaban J connectivity index is 2.06. The predicted octanol–water partition coefficient (Wildman–Crippen LogP) is 2.43. The Morgan fingerprint density at radius 3 is 2.55 bits per heavy atom. The van der Waals surface area contributed by atoms with E-state index in [1.807, 2.05) is 12.3 Å². The number of hydrogen-bond donors (Lipinski definition) is 1. The monoisotopic (exact) mass is 274 g/mol. The van der Waals surface area contributed by atoms with Crippen LogP contribution < -0.4 is 5.32 Å². The minimum atomic E-state index is 0.324. The molecule has 0 aliphatic carbocycles. The van der Waals surface area contributed by atoms with Gasteiger partial charge in [-0.1, -0.05) is 32.9 Å². The first-order chi connectivity index (χ1) is 9.56. The average Bonchev–Trinajstić information content (AvgIpc) is 2.91. The zero-order valence-corrected chi connectivity index (χ0v) is 12.5. The molecule has 0 aliphatic rings. The Morgan fingerprint density at radius 1 is 1.15 bits per heavy atom. The summed E-state index contributed by atoms with van der Waals surface area (Å²) < 4.78 is 1.79. The third-order valence-corrected chi connectivity index (χ3v) is 2.99. The summed E-state index contributed by atoms with van der Waals surface area (Å²) in [6.45, 7) is 10.0. The minimum absolute atomic E-state index is 0.324. The second-order valence-electron chi connectivity index (χ2n) is 5.44. The van der Waals surface area contributed by atoms with Crippen molar-refractivity contribution in [3.63, 3.8) is 0 Å². The Hall–Kier alpha value is -1.98. The molecule has 0 spiro atoms. The summed E-state index contributed by atoms with van der Waals surface area (Å²) in [5, 5.41) is 11.0. The molecule has 0 aliphatic heterocycles. The molecule has 0 fully saturated rings. The lowest BCUT2D eigenvalue weighted by Gasteiger charge is -2.13. The van der Waals surface area contributed by atoms with E-state index in [2.05, 4.69) is 53.3 Å². The fourth-order valence-electron chi connectivity index (χ4n) is 1.78. The lowest BCUT2D eigenvalue weighted by atomic mass is 10.1. The second kappa shape index (κ2) is 6.45. The van der Waals surface area contributed by atoms with Crippen LogP contribution in [0.15, 0.2) is 18.5 Å². The topological polar surface area (TPSA) is 68.5 Å². The number of rotatable bonds is 6. The van der Waals surface area contributed by atoms with Gasteiger partial charge >= 0.3 is 0 Å². The van der Waals surface area contributed by atoms with Crippen molar-refractivity contribution >= 4 is 5.82 Å². The molecule has 0 atom stereocenters. The molecular formula is C14H22N6. The summed E-state index contributed by atoms with van der Waals surface area (Å²) in [6.07, 6.45) is 3.53. The van der Waals surface area contributed by atoms with Crippen LogP contribution in [-0.2, 0) is 6.54 Å². The first-order valence-electron chi connectivity index (χ1n) is 7.03. The van der Waals surface area contributed by atoms with E-state index in [-0.39, 0.29) is 0 Å². The molecule has 20 heavy (non-hydrogen) atoms. The van der Waals surface area contributed by atoms with Crippen LogP contribution in [0.25, 0.3) is 0 Å². The van der Waals surface area contributed by atoms with Crippen molar-refractivity contribution < 1.29 is 0 Å². The highest BCUT2D eigenvalue weighted by atomic mass is 15.4. The zero-order valence-electron chi connectivity index (χ0n) is 12.5. The molecule has 2 heterocycles. The summed E-state index contributed by atoms with van der Waals surface area (Å²) in [5.74, 6) is 2.49. The predicted molar refractivity (Wildman–Crippen MR) is 78.7 cm³/mol. The molecule has 0 unspecified atom stereocenters. The first-order valence-corrected chi connectivity index (χ1v) is 7.03. The molecule has 2 aromatic rings. The molecule has 0 saturated carbocycles. The van der Waals surface area contributed by atoms with Gasteiger partial charge in [0, 0.05) is 30.4 Å². The molecule has 1 N–H and O–H groups in total. The van der Waals surface area contributed by atoms with Gasteiger partial charge in [-0.05, 0) is 5.92 Å². The standard InChI is InChI=1S/C14H22N6/c1-10(2)12-9-13(18-14(17-12)11(3)4)15-5-7-20-8-6-16-19-20/h6,8-11H,5,7H2,1-4H3,(H,15,17,18). The quantitative estimate of drug-likeness (QED) is 0.876. The van der Waals surface area contributed by atoms with Crippen LogP contribution >= 0.6 is 0 Å². The van der Waals surface area contributed by atoms with Crippen molar-refractivity contribution in [2.45, 2.75) is 46.1 Å². The maximum absolute atomic E-state index is 4.61. The van der Waals surface area contributed by atoms with Crippen LogP contribution in [0.3, 0.4) is 0 Å². The molecular weight excluding hydrogens is 252 g/mol. The van der Waals surface area contributed by atoms with Crippen LogP contribution in [0.1, 0.15) is 51.0 Å². The van der Waals surface area contributed by atoms with Crippen molar-refractivity contribution in [1.82, 2.24) is 25.0 Å². The second-order valence-corrected chi connectivity index (χ2v) is 5.44. The highest BCUT2D eigenvalue weighted by molar-refractivity contribution is 5.37. The van der Waals surface area contributed by atoms with E-state index in [9.17, 15) is 0 Å². The van der Waals surface area contributed by atoms with Crippen molar-refractivity contribution in [2.75, 3.05) is 11.9 Å². The van der Waals surface area contributed by atoms with Crippen molar-refractivity contribution in [2.24, 2.45) is 0 Å². The van der Waals surface area contributed by atoms with Gasteiger partial charge in [-0.3, -0.25) is 4.68 Å². The summed E-state index contributed by atoms with van der Waals surface area (Å²) in [5.41, 5.74) is 1.08. The molecule has 0 bridgehead atoms. The number of aromatic nitrogens is 5. The summed E-state index contributed by atoms with van der Waals surface area (Å²) >= 11 is 0. The molecule has 2 rings (SSSR count). The Morgan fingerprint density at radius 2 is 1.95 bits per heavy atom. The number of nitrogens with zero attached hydrogens (tertiary/aromatic N) is 5. The lowest BCUT2D eigenvalue weighted by Crippen LogP contribution is -2.14. The van der Waals surface area contributed by atoms with E-state index < -0.39 is 0 Å². The van der Waals surface area contributed by atoms with Crippen LogP contribution in [0.5, 0.6) is 0 Å². The van der Waals surface area contributed by atoms with E-state index in [1.54, 1.807) is 10.9 Å². The molecule has 0 aromatic carbocycles. The fourth-order valence-corrected chi connectivity index (χ4v) is 1.78. The Bertz CT molecular complexity index is 506. The van der Waals surface area contributed by atoms with Gasteiger partial charge in [0.05, 0.1) is 12.7 Å². The number of hydrogen-bond acceptors (Lipinski definition) is 5. The van der Waals surface area contributed by atoms with Crippen LogP contribution in [0, 0.1) is 0 Å². The van der Waals surface area contributed by atoms with E-state index in [1.165, 1.54) is 0 Å². The molecule has 6 nitrogen and oxygen atoms in total. The van der Waals surface area contributed by atoms with Gasteiger partial charge in [0.2, 0.25) is 0 Å². The average molecular weight is 274 g/mol. The third-order valence-electron chi connectivity index (χ3n) is 2.99. The fraction of sp³-hybridized carbons (Fsp3) is 0.571. The van der Waals surface area contributed by atoms with Gasteiger partial charge in [0.25, 0.3) is 0 Å². The van der Waals surface area contributed by atoms with E-state index >= 15 is 0 Å². The Kier molecular flexibility index (Phi) is 4.65. The van der Waals surface area contributed by atoms with Crippen LogP contribution in [0.4, 0.5) is 5.82 Å². The van der Waals surface area contributed by atoms with Crippen molar-refractivity contribution in [3.05, 3.63) is 30.0 Å². The van der Waals surface area contributed by atoms with Gasteiger partial charge in [-0.2, -0.15) is 0 Å². The van der Waals surface area contributed by atoms with Gasteiger partial charge in [0.15, 0.2) is 0 Å². The van der Waals surface area contributed by atoms with Gasteiger partial charge in [0.1, 0.15) is 11.6 Å². The maximum Gasteiger partial charge on any atom is 0.133 e. The van der Waals surface area contributed by atoms with Crippen LogP contribution in [0.2, 0.25) is 0 Å². The normalized spacial score (nSPS) is 11.3. The molecule has 0 amide bonds. The molecule has 108 valence electrons. The summed E-state index contributed by atoms with van der Waals surface area (Å²) in [7, 11) is 0. The van der Waals surface area contributed by atoms with E-state index in [0.717, 1.165) is 30.4 Å². The lowest BCUT2D eigenvalue weighted by molar-refractivity contribution is 0.607. The summed E-state index contributed by atoms with van der Waals surface area (Å²) in [4.78, 5) is 9.18. The maximum atomic E-state index is 4.61. The molecule has 2 aromatic heterocycles. The van der Waals surface area contributed by atoms with Crippen LogP contribution in [-0.4, -0.2) is 31.5 Å². The van der Waals surface area contributed by atoms with Gasteiger partial charge in [-0.15, -0.1) is 5.10 Å². The summed E-state index contributed by atoms with van der Waals surface area (Å²) in [6, 6.07) is 2.03. The van der Waals surface area contributed by atoms with E-state index in [4.69, 9.17) is 0 Å². The largest absolute Gasteiger partial charge is 0.368 e. The minimum Gasteiger partial charge on any atom is -0.368 e. The smallest absolute Gasteiger partial charge is 0.133 e. The highest BCUT2D eigenvalue weighted by Gasteiger charge is 2.10.